The maximum absolute atomic E-state index is 12.9. The zero-order chi connectivity index (χ0) is 33.7. The Hall–Kier alpha value is -2.47. The van der Waals surface area contributed by atoms with Gasteiger partial charge in [-0.1, -0.05) is 18.2 Å². The van der Waals surface area contributed by atoms with Gasteiger partial charge in [0.1, 0.15) is 42.4 Å². The molecule has 2 fully saturated rings. The number of hydrogen-bond donors (Lipinski definition) is 8. The van der Waals surface area contributed by atoms with E-state index in [2.05, 4.69) is 6.58 Å². The van der Waals surface area contributed by atoms with Gasteiger partial charge in [0.15, 0.2) is 18.7 Å². The summed E-state index contributed by atoms with van der Waals surface area (Å²) in [7, 11) is 0. The minimum atomic E-state index is -1.77. The number of carbonyl (C=O) groups is 1. The van der Waals surface area contributed by atoms with Gasteiger partial charge < -0.3 is 64.5 Å². The standard InChI is InChI=1S/C31H46O14/c1-6-31(5,14-13-20(34)30(3,4)40)45-29-25(39)27(44-28-24(38)23(37)22(36)16(2)41-28)26(19(15-32)42-29)43-21(35)12-9-17-7-10-18(33)11-8-17/h6-12,16,19-20,22-29,32-34,36-40H,1,13-15H2,2-5H3/b12-9-/t16-,19+,20?,22-,23+,24+,25+,26+,27+,28-,29-,31?/m0/s1. The van der Waals surface area contributed by atoms with Crippen LogP contribution in [0.15, 0.2) is 43.0 Å². The molecule has 0 amide bonds. The van der Waals surface area contributed by atoms with Crippen molar-refractivity contribution in [3.63, 3.8) is 0 Å². The number of aliphatic hydroxyl groups excluding tert-OH is 6. The fourth-order valence-corrected chi connectivity index (χ4v) is 4.89. The number of esters is 1. The van der Waals surface area contributed by atoms with Crippen LogP contribution in [0.1, 0.15) is 46.1 Å². The fourth-order valence-electron chi connectivity index (χ4n) is 4.89. The van der Waals surface area contributed by atoms with Crippen LogP contribution in [0.4, 0.5) is 0 Å². The zero-order valence-corrected chi connectivity index (χ0v) is 25.7. The number of phenols is 1. The number of rotatable bonds is 13. The van der Waals surface area contributed by atoms with Crippen molar-refractivity contribution >= 4 is 12.0 Å². The Morgan fingerprint density at radius 3 is 2.22 bits per heavy atom. The second-order valence-electron chi connectivity index (χ2n) is 12.2. The van der Waals surface area contributed by atoms with Gasteiger partial charge >= 0.3 is 5.97 Å². The Labute approximate surface area is 261 Å². The highest BCUT2D eigenvalue weighted by atomic mass is 16.7. The van der Waals surface area contributed by atoms with Crippen LogP contribution in [0.2, 0.25) is 0 Å². The fraction of sp³-hybridized carbons (Fsp3) is 0.645. The highest BCUT2D eigenvalue weighted by Gasteiger charge is 2.53. The summed E-state index contributed by atoms with van der Waals surface area (Å²) in [6.07, 6.45) is -12.2. The minimum absolute atomic E-state index is 0.0330. The van der Waals surface area contributed by atoms with Crippen LogP contribution in [-0.2, 0) is 28.5 Å². The Balaban J connectivity index is 1.87. The van der Waals surface area contributed by atoms with Gasteiger partial charge in [-0.25, -0.2) is 4.79 Å². The van der Waals surface area contributed by atoms with E-state index in [1.54, 1.807) is 19.1 Å². The lowest BCUT2D eigenvalue weighted by Gasteiger charge is -2.47. The summed E-state index contributed by atoms with van der Waals surface area (Å²) >= 11 is 0. The van der Waals surface area contributed by atoms with E-state index in [4.69, 9.17) is 23.7 Å². The molecule has 0 spiro atoms. The molecule has 3 rings (SSSR count). The van der Waals surface area contributed by atoms with Crippen LogP contribution in [0.3, 0.4) is 0 Å². The highest BCUT2D eigenvalue weighted by molar-refractivity contribution is 5.87. The monoisotopic (exact) mass is 642 g/mol. The van der Waals surface area contributed by atoms with Crippen molar-refractivity contribution < 1.29 is 69.3 Å². The largest absolute Gasteiger partial charge is 0.508 e. The smallest absolute Gasteiger partial charge is 0.331 e. The van der Waals surface area contributed by atoms with Crippen LogP contribution in [0.25, 0.3) is 6.08 Å². The number of hydrogen-bond acceptors (Lipinski definition) is 14. The van der Waals surface area contributed by atoms with E-state index in [-0.39, 0.29) is 18.6 Å². The van der Waals surface area contributed by atoms with Gasteiger partial charge in [0.05, 0.1) is 30.0 Å². The van der Waals surface area contributed by atoms with Crippen molar-refractivity contribution in [3.05, 3.63) is 48.6 Å². The quantitative estimate of drug-likeness (QED) is 0.0770. The molecule has 0 bridgehead atoms. The topological polar surface area (TPSA) is 225 Å². The molecule has 1 aromatic rings. The molecule has 12 atom stereocenters. The lowest BCUT2D eigenvalue weighted by molar-refractivity contribution is -0.364. The first-order chi connectivity index (χ1) is 21.0. The first kappa shape index (κ1) is 37.0. The van der Waals surface area contributed by atoms with Crippen molar-refractivity contribution in [2.24, 2.45) is 0 Å². The predicted octanol–water partition coefficient (Wildman–Crippen LogP) is -0.519. The number of benzene rings is 1. The maximum atomic E-state index is 12.9. The van der Waals surface area contributed by atoms with Gasteiger partial charge in [-0.2, -0.15) is 0 Å². The number of aromatic hydroxyl groups is 1. The van der Waals surface area contributed by atoms with Crippen molar-refractivity contribution in [2.75, 3.05) is 6.61 Å². The van der Waals surface area contributed by atoms with E-state index in [1.807, 2.05) is 0 Å². The summed E-state index contributed by atoms with van der Waals surface area (Å²) in [5.74, 6) is -0.883. The average molecular weight is 643 g/mol. The molecular weight excluding hydrogens is 596 g/mol. The van der Waals surface area contributed by atoms with E-state index in [0.29, 0.717) is 5.56 Å². The summed E-state index contributed by atoms with van der Waals surface area (Å²) in [4.78, 5) is 12.9. The summed E-state index contributed by atoms with van der Waals surface area (Å²) in [6.45, 7) is 8.97. The third-order valence-electron chi connectivity index (χ3n) is 8.00. The molecule has 0 saturated carbocycles. The Morgan fingerprint density at radius 1 is 1.00 bits per heavy atom. The molecule has 0 aromatic heterocycles. The molecule has 0 aliphatic carbocycles. The SMILES string of the molecule is C=CC(C)(CCC(O)C(C)(C)O)O[C@@H]1O[C@H](CO)[C@@H](OC(=O)/C=C\c2ccc(O)cc2)[C@H](O[C@@H]2O[C@@H](C)[C@H](O)[C@@H](O)[C@H]2O)[C@H]1O. The molecule has 2 heterocycles. The number of ether oxygens (including phenoxy) is 5. The summed E-state index contributed by atoms with van der Waals surface area (Å²) in [5, 5.41) is 82.6. The maximum Gasteiger partial charge on any atom is 0.331 e. The number of phenolic OH excluding ortho intramolecular Hbond substituents is 1. The normalized spacial score (nSPS) is 34.6. The number of aliphatic hydroxyl groups is 7. The lowest BCUT2D eigenvalue weighted by Crippen LogP contribution is -2.65. The van der Waals surface area contributed by atoms with Crippen molar-refractivity contribution in [3.8, 4) is 5.75 Å². The van der Waals surface area contributed by atoms with E-state index in [1.165, 1.54) is 45.1 Å². The molecule has 14 heteroatoms. The van der Waals surface area contributed by atoms with Gasteiger partial charge in [0.2, 0.25) is 0 Å². The Morgan fingerprint density at radius 2 is 1.64 bits per heavy atom. The van der Waals surface area contributed by atoms with Crippen LogP contribution < -0.4 is 0 Å². The average Bonchev–Trinajstić information content (AvgIpc) is 2.99. The predicted molar refractivity (Wildman–Crippen MR) is 157 cm³/mol. The Bertz CT molecular complexity index is 1140. The van der Waals surface area contributed by atoms with Crippen molar-refractivity contribution in [1.29, 1.82) is 0 Å². The first-order valence-corrected chi connectivity index (χ1v) is 14.7. The van der Waals surface area contributed by atoms with E-state index in [0.717, 1.165) is 6.08 Å². The minimum Gasteiger partial charge on any atom is -0.508 e. The molecule has 254 valence electrons. The van der Waals surface area contributed by atoms with Gasteiger partial charge in [0.25, 0.3) is 0 Å². The van der Waals surface area contributed by atoms with Crippen LogP contribution in [-0.4, -0.2) is 132 Å². The molecule has 2 saturated heterocycles. The van der Waals surface area contributed by atoms with Crippen molar-refractivity contribution in [2.45, 2.75) is 119 Å². The van der Waals surface area contributed by atoms with Gasteiger partial charge in [0, 0.05) is 6.08 Å². The van der Waals surface area contributed by atoms with Gasteiger partial charge in [-0.3, -0.25) is 0 Å². The summed E-state index contributed by atoms with van der Waals surface area (Å²) < 4.78 is 28.9. The molecular formula is C31H46O14. The van der Waals surface area contributed by atoms with Crippen molar-refractivity contribution in [1.82, 2.24) is 0 Å². The second kappa shape index (κ2) is 15.4. The molecule has 0 radical (unpaired) electrons. The summed E-state index contributed by atoms with van der Waals surface area (Å²) in [6, 6.07) is 5.95. The van der Waals surface area contributed by atoms with Crippen LogP contribution >= 0.6 is 0 Å². The zero-order valence-electron chi connectivity index (χ0n) is 25.7. The first-order valence-electron chi connectivity index (χ1n) is 14.7. The molecule has 1 aromatic carbocycles. The highest BCUT2D eigenvalue weighted by Crippen LogP contribution is 2.34. The van der Waals surface area contributed by atoms with E-state index >= 15 is 0 Å². The third kappa shape index (κ3) is 9.53. The Kier molecular flexibility index (Phi) is 12.7. The third-order valence-corrected chi connectivity index (χ3v) is 8.00. The van der Waals surface area contributed by atoms with Gasteiger partial charge in [-0.05, 0) is 64.3 Å². The number of carbonyl (C=O) groups excluding carboxylic acids is 1. The van der Waals surface area contributed by atoms with Crippen LogP contribution in [0.5, 0.6) is 5.75 Å². The lowest BCUT2D eigenvalue weighted by atomic mass is 9.91. The van der Waals surface area contributed by atoms with Crippen LogP contribution in [0, 0.1) is 0 Å². The van der Waals surface area contributed by atoms with Gasteiger partial charge in [-0.15, -0.1) is 6.58 Å². The molecule has 45 heavy (non-hydrogen) atoms. The second-order valence-corrected chi connectivity index (χ2v) is 12.2. The van der Waals surface area contributed by atoms with E-state index < -0.39 is 91.3 Å². The molecule has 2 aliphatic rings. The van der Waals surface area contributed by atoms with E-state index in [9.17, 15) is 45.6 Å². The molecule has 14 nitrogen and oxygen atoms in total. The summed E-state index contributed by atoms with van der Waals surface area (Å²) in [5.41, 5.74) is -2.08. The molecule has 8 N–H and O–H groups in total. The molecule has 2 aliphatic heterocycles. The molecule has 2 unspecified atom stereocenters.